The second-order valence-corrected chi connectivity index (χ2v) is 3.72. The standard InChI is InChI=1S/C10H9BrO3/c1-6-3-2-4-7(10(6)11)8(12)5-9(13)14/h2-4H,5H2,1H3,(H,13,14). The summed E-state index contributed by atoms with van der Waals surface area (Å²) in [5.41, 5.74) is 1.34. The molecule has 0 saturated heterocycles. The highest BCUT2D eigenvalue weighted by Crippen LogP contribution is 2.22. The van der Waals surface area contributed by atoms with Crippen LogP contribution in [-0.2, 0) is 4.79 Å². The Labute approximate surface area is 89.9 Å². The number of carbonyl (C=O) groups excluding carboxylic acids is 1. The van der Waals surface area contributed by atoms with E-state index in [1.54, 1.807) is 12.1 Å². The van der Waals surface area contributed by atoms with Crippen molar-refractivity contribution >= 4 is 27.7 Å². The lowest BCUT2D eigenvalue weighted by molar-refractivity contribution is -0.135. The summed E-state index contributed by atoms with van der Waals surface area (Å²) in [5, 5.41) is 8.47. The monoisotopic (exact) mass is 256 g/mol. The zero-order valence-corrected chi connectivity index (χ0v) is 9.17. The van der Waals surface area contributed by atoms with Crippen molar-refractivity contribution in [2.75, 3.05) is 0 Å². The van der Waals surface area contributed by atoms with Gasteiger partial charge in [0.1, 0.15) is 6.42 Å². The fourth-order valence-corrected chi connectivity index (χ4v) is 1.58. The molecule has 0 fully saturated rings. The maximum absolute atomic E-state index is 11.4. The van der Waals surface area contributed by atoms with Crippen molar-refractivity contribution < 1.29 is 14.7 Å². The Morgan fingerprint density at radius 3 is 2.64 bits per heavy atom. The summed E-state index contributed by atoms with van der Waals surface area (Å²) in [6.45, 7) is 1.85. The summed E-state index contributed by atoms with van der Waals surface area (Å²) >= 11 is 3.26. The molecule has 14 heavy (non-hydrogen) atoms. The largest absolute Gasteiger partial charge is 0.481 e. The minimum absolute atomic E-state index is 0.381. The molecule has 1 N–H and O–H groups in total. The molecule has 1 aromatic rings. The van der Waals surface area contributed by atoms with Crippen LogP contribution in [0.3, 0.4) is 0 Å². The van der Waals surface area contributed by atoms with Crippen molar-refractivity contribution in [3.63, 3.8) is 0 Å². The van der Waals surface area contributed by atoms with Gasteiger partial charge < -0.3 is 5.11 Å². The summed E-state index contributed by atoms with van der Waals surface area (Å²) in [4.78, 5) is 21.8. The first-order chi connectivity index (χ1) is 6.52. The minimum atomic E-state index is -1.11. The fraction of sp³-hybridized carbons (Fsp3) is 0.200. The number of carboxylic acids is 1. The maximum atomic E-state index is 11.4. The number of hydrogen-bond acceptors (Lipinski definition) is 2. The van der Waals surface area contributed by atoms with Crippen LogP contribution in [0.15, 0.2) is 22.7 Å². The van der Waals surface area contributed by atoms with Crippen LogP contribution in [0.1, 0.15) is 22.3 Å². The zero-order valence-electron chi connectivity index (χ0n) is 7.58. The number of aliphatic carboxylic acids is 1. The highest BCUT2D eigenvalue weighted by molar-refractivity contribution is 9.10. The molecule has 1 aromatic carbocycles. The first-order valence-electron chi connectivity index (χ1n) is 4.02. The predicted octanol–water partition coefficient (Wildman–Crippen LogP) is 2.41. The van der Waals surface area contributed by atoms with Crippen LogP contribution in [0.4, 0.5) is 0 Å². The number of carboxylic acid groups (broad SMARTS) is 1. The average Bonchev–Trinajstić information content (AvgIpc) is 2.08. The minimum Gasteiger partial charge on any atom is -0.481 e. The van der Waals surface area contributed by atoms with E-state index in [0.717, 1.165) is 5.56 Å². The molecule has 0 saturated carbocycles. The molecule has 0 bridgehead atoms. The highest BCUT2D eigenvalue weighted by atomic mass is 79.9. The topological polar surface area (TPSA) is 54.4 Å². The van der Waals surface area contributed by atoms with E-state index in [9.17, 15) is 9.59 Å². The molecule has 0 amide bonds. The maximum Gasteiger partial charge on any atom is 0.311 e. The van der Waals surface area contributed by atoms with E-state index in [4.69, 9.17) is 5.11 Å². The van der Waals surface area contributed by atoms with Crippen molar-refractivity contribution in [3.8, 4) is 0 Å². The number of ketones is 1. The van der Waals surface area contributed by atoms with Gasteiger partial charge in [-0.25, -0.2) is 0 Å². The van der Waals surface area contributed by atoms with Gasteiger partial charge in [-0.05, 0) is 28.4 Å². The Morgan fingerprint density at radius 2 is 2.07 bits per heavy atom. The molecule has 0 aliphatic carbocycles. The van der Waals surface area contributed by atoms with Gasteiger partial charge in [-0.3, -0.25) is 9.59 Å². The Balaban J connectivity index is 3.01. The van der Waals surface area contributed by atoms with Crippen LogP contribution in [0.5, 0.6) is 0 Å². The smallest absolute Gasteiger partial charge is 0.311 e. The van der Waals surface area contributed by atoms with Gasteiger partial charge in [0.15, 0.2) is 5.78 Å². The van der Waals surface area contributed by atoms with E-state index in [1.807, 2.05) is 13.0 Å². The second-order valence-electron chi connectivity index (χ2n) is 2.93. The van der Waals surface area contributed by atoms with Crippen molar-refractivity contribution in [1.29, 1.82) is 0 Å². The molecule has 3 nitrogen and oxygen atoms in total. The lowest BCUT2D eigenvalue weighted by atomic mass is 10.1. The van der Waals surface area contributed by atoms with E-state index in [2.05, 4.69) is 15.9 Å². The number of carbonyl (C=O) groups is 2. The van der Waals surface area contributed by atoms with Crippen molar-refractivity contribution in [1.82, 2.24) is 0 Å². The van der Waals surface area contributed by atoms with Gasteiger partial charge in [0.25, 0.3) is 0 Å². The summed E-state index contributed by atoms with van der Waals surface area (Å²) in [6, 6.07) is 5.19. The lowest BCUT2D eigenvalue weighted by Gasteiger charge is -2.03. The highest BCUT2D eigenvalue weighted by Gasteiger charge is 2.14. The summed E-state index contributed by atoms with van der Waals surface area (Å²) in [6.07, 6.45) is -0.470. The molecule has 0 spiro atoms. The van der Waals surface area contributed by atoms with Gasteiger partial charge in [-0.15, -0.1) is 0 Å². The molecule has 1 rings (SSSR count). The lowest BCUT2D eigenvalue weighted by Crippen LogP contribution is -2.07. The first-order valence-corrected chi connectivity index (χ1v) is 4.81. The van der Waals surface area contributed by atoms with Gasteiger partial charge in [-0.2, -0.15) is 0 Å². The van der Waals surface area contributed by atoms with Gasteiger partial charge >= 0.3 is 5.97 Å². The Morgan fingerprint density at radius 1 is 1.43 bits per heavy atom. The molecule has 74 valence electrons. The molecular weight excluding hydrogens is 248 g/mol. The normalized spacial score (nSPS) is 9.86. The van der Waals surface area contributed by atoms with Gasteiger partial charge in [0.05, 0.1) is 0 Å². The molecular formula is C10H9BrO3. The van der Waals surface area contributed by atoms with Crippen LogP contribution in [0, 0.1) is 6.92 Å². The molecule has 0 atom stereocenters. The average molecular weight is 257 g/mol. The van der Waals surface area contributed by atoms with E-state index in [1.165, 1.54) is 0 Å². The van der Waals surface area contributed by atoms with Crippen LogP contribution < -0.4 is 0 Å². The van der Waals surface area contributed by atoms with Crippen LogP contribution in [-0.4, -0.2) is 16.9 Å². The van der Waals surface area contributed by atoms with Crippen LogP contribution >= 0.6 is 15.9 Å². The number of hydrogen-bond donors (Lipinski definition) is 1. The Kier molecular flexibility index (Phi) is 3.41. The fourth-order valence-electron chi connectivity index (χ4n) is 1.10. The van der Waals surface area contributed by atoms with Gasteiger partial charge in [0, 0.05) is 10.0 Å². The number of aryl methyl sites for hydroxylation is 1. The third-order valence-electron chi connectivity index (χ3n) is 1.80. The van der Waals surface area contributed by atoms with Gasteiger partial charge in [-0.1, -0.05) is 18.2 Å². The molecule has 0 radical (unpaired) electrons. The SMILES string of the molecule is Cc1cccc(C(=O)CC(=O)O)c1Br. The predicted molar refractivity (Wildman–Crippen MR) is 55.5 cm³/mol. The molecule has 0 unspecified atom stereocenters. The second kappa shape index (κ2) is 4.37. The summed E-state index contributed by atoms with van der Waals surface area (Å²) in [5.74, 6) is -1.49. The number of benzene rings is 1. The summed E-state index contributed by atoms with van der Waals surface area (Å²) in [7, 11) is 0. The Hall–Kier alpha value is -1.16. The molecule has 0 aliphatic heterocycles. The molecule has 0 aromatic heterocycles. The third-order valence-corrected chi connectivity index (χ3v) is 2.86. The van der Waals surface area contributed by atoms with Crippen molar-refractivity contribution in [3.05, 3.63) is 33.8 Å². The van der Waals surface area contributed by atoms with Crippen molar-refractivity contribution in [2.45, 2.75) is 13.3 Å². The van der Waals surface area contributed by atoms with Crippen molar-refractivity contribution in [2.24, 2.45) is 0 Å². The molecule has 0 aliphatic rings. The summed E-state index contributed by atoms with van der Waals surface area (Å²) < 4.78 is 0.672. The van der Waals surface area contributed by atoms with Gasteiger partial charge in [0.2, 0.25) is 0 Å². The zero-order chi connectivity index (χ0) is 10.7. The van der Waals surface area contributed by atoms with E-state index in [-0.39, 0.29) is 5.78 Å². The molecule has 0 heterocycles. The number of halogens is 1. The van der Waals surface area contributed by atoms with E-state index >= 15 is 0 Å². The number of rotatable bonds is 3. The van der Waals surface area contributed by atoms with E-state index < -0.39 is 12.4 Å². The first kappa shape index (κ1) is 10.9. The van der Waals surface area contributed by atoms with E-state index in [0.29, 0.717) is 10.0 Å². The third kappa shape index (κ3) is 2.42. The van der Waals surface area contributed by atoms with Crippen LogP contribution in [0.25, 0.3) is 0 Å². The Bertz CT molecular complexity index is 385. The number of Topliss-reactive ketones (excluding diaryl/α,β-unsaturated/α-hetero) is 1. The van der Waals surface area contributed by atoms with Crippen LogP contribution in [0.2, 0.25) is 0 Å². The molecule has 4 heteroatoms. The quantitative estimate of drug-likeness (QED) is 0.668.